The molecule has 24 heavy (non-hydrogen) atoms. The number of aromatic nitrogens is 1. The van der Waals surface area contributed by atoms with Crippen molar-refractivity contribution in [1.29, 1.82) is 0 Å². The van der Waals surface area contributed by atoms with Crippen LogP contribution in [0, 0.1) is 0 Å². The Labute approximate surface area is 137 Å². The standard InChI is InChI=1S/C15H15N3O5S/c19-15(17-8-11-3-1-5-22-11)14-7-13(10-16-14)24(20,21)18-9-12-4-2-6-23-12/h1-7,10,16,18H,8-9H2,(H,17,19). The van der Waals surface area contributed by atoms with Crippen LogP contribution in [0.2, 0.25) is 0 Å². The molecule has 3 aromatic rings. The molecule has 0 aliphatic rings. The fraction of sp³-hybridized carbons (Fsp3) is 0.133. The van der Waals surface area contributed by atoms with Crippen molar-refractivity contribution in [1.82, 2.24) is 15.0 Å². The van der Waals surface area contributed by atoms with E-state index in [0.29, 0.717) is 11.5 Å². The van der Waals surface area contributed by atoms with Crippen LogP contribution in [0.1, 0.15) is 22.0 Å². The normalized spacial score (nSPS) is 11.5. The molecule has 0 aromatic carbocycles. The van der Waals surface area contributed by atoms with E-state index in [4.69, 9.17) is 8.83 Å². The maximum atomic E-state index is 12.2. The summed E-state index contributed by atoms with van der Waals surface area (Å²) < 4.78 is 36.9. The first-order chi connectivity index (χ1) is 11.5. The Balaban J connectivity index is 1.62. The number of carbonyl (C=O) groups is 1. The minimum atomic E-state index is -3.75. The Bertz CT molecular complexity index is 895. The third kappa shape index (κ3) is 3.76. The second-order valence-electron chi connectivity index (χ2n) is 4.92. The molecule has 3 rings (SSSR count). The molecule has 8 nitrogen and oxygen atoms in total. The molecule has 0 bridgehead atoms. The number of hydrogen-bond donors (Lipinski definition) is 3. The van der Waals surface area contributed by atoms with Crippen molar-refractivity contribution < 1.29 is 22.0 Å². The van der Waals surface area contributed by atoms with Gasteiger partial charge in [0, 0.05) is 6.20 Å². The molecule has 0 saturated carbocycles. The summed E-state index contributed by atoms with van der Waals surface area (Å²) in [6.45, 7) is 0.240. The van der Waals surface area contributed by atoms with Crippen molar-refractivity contribution in [2.75, 3.05) is 0 Å². The second-order valence-corrected chi connectivity index (χ2v) is 6.68. The Kier molecular flexibility index (Phi) is 4.54. The van der Waals surface area contributed by atoms with Gasteiger partial charge in [-0.1, -0.05) is 0 Å². The summed E-state index contributed by atoms with van der Waals surface area (Å²) in [6.07, 6.45) is 4.22. The van der Waals surface area contributed by atoms with Gasteiger partial charge in [0.2, 0.25) is 10.0 Å². The summed E-state index contributed by atoms with van der Waals surface area (Å²) in [5.74, 6) is 0.660. The van der Waals surface area contributed by atoms with Crippen LogP contribution in [-0.2, 0) is 23.1 Å². The van der Waals surface area contributed by atoms with Gasteiger partial charge in [-0.15, -0.1) is 0 Å². The average Bonchev–Trinajstić information content (AvgIpc) is 3.33. The van der Waals surface area contributed by atoms with Gasteiger partial charge in [0.25, 0.3) is 5.91 Å². The third-order valence-electron chi connectivity index (χ3n) is 3.23. The summed E-state index contributed by atoms with van der Waals surface area (Å²) in [5.41, 5.74) is 0.139. The number of rotatable bonds is 7. The SMILES string of the molecule is O=C(NCc1ccco1)c1cc(S(=O)(=O)NCc2ccco2)c[nH]1. The van der Waals surface area contributed by atoms with Gasteiger partial charge in [-0.3, -0.25) is 4.79 Å². The van der Waals surface area contributed by atoms with Crippen LogP contribution in [0.3, 0.4) is 0 Å². The number of furan rings is 2. The summed E-state index contributed by atoms with van der Waals surface area (Å²) in [5, 5.41) is 2.63. The molecule has 0 atom stereocenters. The van der Waals surface area contributed by atoms with Crippen LogP contribution in [0.4, 0.5) is 0 Å². The molecule has 9 heteroatoms. The largest absolute Gasteiger partial charge is 0.468 e. The summed E-state index contributed by atoms with van der Waals surface area (Å²) >= 11 is 0. The number of nitrogens with one attached hydrogen (secondary N) is 3. The van der Waals surface area contributed by atoms with E-state index < -0.39 is 15.9 Å². The van der Waals surface area contributed by atoms with Crippen LogP contribution in [-0.4, -0.2) is 19.3 Å². The maximum Gasteiger partial charge on any atom is 0.268 e. The predicted octanol–water partition coefficient (Wildman–Crippen LogP) is 1.61. The molecule has 0 aliphatic carbocycles. The highest BCUT2D eigenvalue weighted by Gasteiger charge is 2.18. The zero-order chi connectivity index (χ0) is 17.0. The summed E-state index contributed by atoms with van der Waals surface area (Å²) in [4.78, 5) is 14.6. The van der Waals surface area contributed by atoms with Gasteiger partial charge < -0.3 is 19.1 Å². The number of H-pyrrole nitrogens is 1. The number of hydrogen-bond acceptors (Lipinski definition) is 5. The number of amides is 1. The average molecular weight is 349 g/mol. The lowest BCUT2D eigenvalue weighted by atomic mass is 10.4. The van der Waals surface area contributed by atoms with E-state index in [1.807, 2.05) is 0 Å². The first kappa shape index (κ1) is 16.1. The smallest absolute Gasteiger partial charge is 0.268 e. The molecule has 0 radical (unpaired) electrons. The highest BCUT2D eigenvalue weighted by Crippen LogP contribution is 2.12. The molecule has 3 heterocycles. The number of sulfonamides is 1. The van der Waals surface area contributed by atoms with Crippen molar-refractivity contribution in [2.24, 2.45) is 0 Å². The van der Waals surface area contributed by atoms with Crippen LogP contribution < -0.4 is 10.0 Å². The Morgan fingerprint density at radius 1 is 1.08 bits per heavy atom. The Morgan fingerprint density at radius 3 is 2.38 bits per heavy atom. The lowest BCUT2D eigenvalue weighted by Gasteiger charge is -2.02. The van der Waals surface area contributed by atoms with E-state index in [1.54, 1.807) is 24.3 Å². The van der Waals surface area contributed by atoms with Crippen molar-refractivity contribution in [3.05, 3.63) is 66.3 Å². The molecule has 0 saturated heterocycles. The molecule has 0 unspecified atom stereocenters. The maximum absolute atomic E-state index is 12.2. The first-order valence-electron chi connectivity index (χ1n) is 7.05. The van der Waals surface area contributed by atoms with E-state index >= 15 is 0 Å². The Hall–Kier alpha value is -2.78. The first-order valence-corrected chi connectivity index (χ1v) is 8.54. The van der Waals surface area contributed by atoms with Crippen molar-refractivity contribution in [3.63, 3.8) is 0 Å². The van der Waals surface area contributed by atoms with Crippen LogP contribution >= 0.6 is 0 Å². The van der Waals surface area contributed by atoms with Gasteiger partial charge in [-0.2, -0.15) is 0 Å². The minimum Gasteiger partial charge on any atom is -0.468 e. The molecule has 0 fully saturated rings. The topological polar surface area (TPSA) is 117 Å². The van der Waals surface area contributed by atoms with E-state index in [2.05, 4.69) is 15.0 Å². The zero-order valence-electron chi connectivity index (χ0n) is 12.5. The second kappa shape index (κ2) is 6.77. The molecular formula is C15H15N3O5S. The van der Waals surface area contributed by atoms with E-state index in [0.717, 1.165) is 0 Å². The quantitative estimate of drug-likeness (QED) is 0.599. The Morgan fingerprint density at radius 2 is 1.75 bits per heavy atom. The summed E-state index contributed by atoms with van der Waals surface area (Å²) in [6, 6.07) is 8.03. The monoisotopic (exact) mass is 349 g/mol. The lowest BCUT2D eigenvalue weighted by Crippen LogP contribution is -2.23. The van der Waals surface area contributed by atoms with Crippen LogP contribution in [0.5, 0.6) is 0 Å². The summed E-state index contributed by atoms with van der Waals surface area (Å²) in [7, 11) is -3.75. The molecule has 3 aromatic heterocycles. The van der Waals surface area contributed by atoms with Crippen molar-refractivity contribution in [2.45, 2.75) is 18.0 Å². The van der Waals surface area contributed by atoms with Gasteiger partial charge in [-0.25, -0.2) is 13.1 Å². The van der Waals surface area contributed by atoms with Crippen molar-refractivity contribution in [3.8, 4) is 0 Å². The number of carbonyl (C=O) groups excluding carboxylic acids is 1. The fourth-order valence-corrected chi connectivity index (χ4v) is 2.99. The minimum absolute atomic E-state index is 0.0283. The molecule has 0 spiro atoms. The van der Waals surface area contributed by atoms with E-state index in [-0.39, 0.29) is 23.7 Å². The van der Waals surface area contributed by atoms with Gasteiger partial charge in [-0.05, 0) is 30.3 Å². The van der Waals surface area contributed by atoms with Gasteiger partial charge in [0.15, 0.2) is 0 Å². The molecule has 126 valence electrons. The van der Waals surface area contributed by atoms with Crippen LogP contribution in [0.25, 0.3) is 0 Å². The molecular weight excluding hydrogens is 334 g/mol. The highest BCUT2D eigenvalue weighted by molar-refractivity contribution is 7.89. The molecule has 1 amide bonds. The molecule has 0 aliphatic heterocycles. The molecule has 3 N–H and O–H groups in total. The highest BCUT2D eigenvalue weighted by atomic mass is 32.2. The number of aromatic amines is 1. The predicted molar refractivity (Wildman–Crippen MR) is 83.4 cm³/mol. The van der Waals surface area contributed by atoms with Crippen LogP contribution in [0.15, 0.2) is 62.8 Å². The van der Waals surface area contributed by atoms with E-state index in [9.17, 15) is 13.2 Å². The fourth-order valence-electron chi connectivity index (χ4n) is 2.00. The van der Waals surface area contributed by atoms with Gasteiger partial charge in [0.05, 0.1) is 25.6 Å². The van der Waals surface area contributed by atoms with Gasteiger partial charge in [0.1, 0.15) is 22.1 Å². The van der Waals surface area contributed by atoms with Gasteiger partial charge >= 0.3 is 0 Å². The lowest BCUT2D eigenvalue weighted by molar-refractivity contribution is 0.0943. The zero-order valence-corrected chi connectivity index (χ0v) is 13.3. The third-order valence-corrected chi connectivity index (χ3v) is 4.61. The van der Waals surface area contributed by atoms with Crippen molar-refractivity contribution >= 4 is 15.9 Å². The van der Waals surface area contributed by atoms with E-state index in [1.165, 1.54) is 24.8 Å².